The summed E-state index contributed by atoms with van der Waals surface area (Å²) in [5, 5.41) is -0.423. The molecule has 2 aromatic rings. The van der Waals surface area contributed by atoms with E-state index in [0.29, 0.717) is 18.0 Å². The summed E-state index contributed by atoms with van der Waals surface area (Å²) in [5.74, 6) is 0.954. The molecule has 4 nitrogen and oxygen atoms in total. The Morgan fingerprint density at radius 2 is 2.29 bits per heavy atom. The van der Waals surface area contributed by atoms with E-state index in [9.17, 15) is 8.42 Å². The number of rotatable bonds is 1. The van der Waals surface area contributed by atoms with Gasteiger partial charge in [0.2, 0.25) is 0 Å². The van der Waals surface area contributed by atoms with E-state index < -0.39 is 15.1 Å². The number of pyridine rings is 1. The number of fused-ring (bicyclic) bond motifs is 1. The molecule has 1 aliphatic rings. The van der Waals surface area contributed by atoms with Crippen LogP contribution in [-0.2, 0) is 9.84 Å². The summed E-state index contributed by atoms with van der Waals surface area (Å²) < 4.78 is 25.7. The summed E-state index contributed by atoms with van der Waals surface area (Å²) in [6.07, 6.45) is 5.08. The van der Waals surface area contributed by atoms with Gasteiger partial charge in [-0.2, -0.15) is 0 Å². The van der Waals surface area contributed by atoms with Crippen LogP contribution >= 0.6 is 0 Å². The lowest BCUT2D eigenvalue weighted by atomic mass is 10.2. The largest absolute Gasteiger partial charge is 0.303 e. The Balaban J connectivity index is 2.19. The van der Waals surface area contributed by atoms with Crippen LogP contribution in [0.25, 0.3) is 5.52 Å². The topological polar surface area (TPSA) is 51.4 Å². The predicted octanol–water partition coefficient (Wildman–Crippen LogP) is 1.89. The van der Waals surface area contributed by atoms with Gasteiger partial charge in [0, 0.05) is 6.20 Å². The Hall–Kier alpha value is -1.36. The monoisotopic (exact) mass is 250 g/mol. The fourth-order valence-corrected chi connectivity index (χ4v) is 4.33. The third-order valence-corrected chi connectivity index (χ3v) is 5.50. The van der Waals surface area contributed by atoms with Gasteiger partial charge < -0.3 is 4.40 Å². The van der Waals surface area contributed by atoms with Crippen LogP contribution in [0.1, 0.15) is 29.5 Å². The lowest BCUT2D eigenvalue weighted by Crippen LogP contribution is -2.11. The van der Waals surface area contributed by atoms with Gasteiger partial charge in [0.15, 0.2) is 9.84 Å². The normalized spacial score (nSPS) is 23.2. The van der Waals surface area contributed by atoms with E-state index in [4.69, 9.17) is 0 Å². The first-order valence-corrected chi connectivity index (χ1v) is 7.45. The van der Waals surface area contributed by atoms with Crippen molar-refractivity contribution in [2.45, 2.75) is 25.0 Å². The first-order valence-electron chi connectivity index (χ1n) is 5.73. The van der Waals surface area contributed by atoms with E-state index in [2.05, 4.69) is 4.98 Å². The van der Waals surface area contributed by atoms with E-state index in [1.54, 1.807) is 6.20 Å². The van der Waals surface area contributed by atoms with Crippen molar-refractivity contribution < 1.29 is 8.42 Å². The summed E-state index contributed by atoms with van der Waals surface area (Å²) >= 11 is 0. The summed E-state index contributed by atoms with van der Waals surface area (Å²) in [5.41, 5.74) is 2.11. The van der Waals surface area contributed by atoms with Crippen molar-refractivity contribution in [3.8, 4) is 0 Å². The molecule has 3 rings (SSSR count). The molecule has 17 heavy (non-hydrogen) atoms. The average Bonchev–Trinajstić information content (AvgIpc) is 2.80. The number of aromatic nitrogens is 2. The first-order chi connectivity index (χ1) is 8.08. The molecular formula is C12H14N2O2S. The van der Waals surface area contributed by atoms with Crippen molar-refractivity contribution >= 4 is 15.4 Å². The zero-order valence-corrected chi connectivity index (χ0v) is 10.4. The summed E-state index contributed by atoms with van der Waals surface area (Å²) in [6, 6.07) is 3.98. The van der Waals surface area contributed by atoms with Gasteiger partial charge in [0.1, 0.15) is 11.1 Å². The van der Waals surface area contributed by atoms with Crippen molar-refractivity contribution in [2.24, 2.45) is 0 Å². The fourth-order valence-electron chi connectivity index (χ4n) is 2.45. The molecule has 0 aliphatic carbocycles. The SMILES string of the molecule is Cc1ccn2c(C3CCCS3(=O)=O)ncc2c1. The van der Waals surface area contributed by atoms with E-state index >= 15 is 0 Å². The van der Waals surface area contributed by atoms with Crippen molar-refractivity contribution in [2.75, 3.05) is 5.75 Å². The molecule has 1 fully saturated rings. The molecule has 2 aromatic heterocycles. The molecular weight excluding hydrogens is 236 g/mol. The third kappa shape index (κ3) is 1.65. The van der Waals surface area contributed by atoms with Crippen molar-refractivity contribution in [3.05, 3.63) is 35.9 Å². The van der Waals surface area contributed by atoms with Gasteiger partial charge in [0.25, 0.3) is 0 Å². The van der Waals surface area contributed by atoms with Crippen LogP contribution in [0.2, 0.25) is 0 Å². The molecule has 0 spiro atoms. The zero-order chi connectivity index (χ0) is 12.0. The van der Waals surface area contributed by atoms with Gasteiger partial charge >= 0.3 is 0 Å². The van der Waals surface area contributed by atoms with E-state index in [1.165, 1.54) is 0 Å². The predicted molar refractivity (Wildman–Crippen MR) is 65.7 cm³/mol. The molecule has 0 radical (unpaired) electrons. The van der Waals surface area contributed by atoms with Crippen molar-refractivity contribution in [1.82, 2.24) is 9.38 Å². The quantitative estimate of drug-likeness (QED) is 0.776. The second-order valence-electron chi connectivity index (χ2n) is 4.61. The van der Waals surface area contributed by atoms with Crippen LogP contribution in [0.15, 0.2) is 24.5 Å². The Bertz CT molecular complexity index is 673. The van der Waals surface area contributed by atoms with Crippen LogP contribution < -0.4 is 0 Å². The van der Waals surface area contributed by atoms with Crippen LogP contribution in [0.3, 0.4) is 0 Å². The standard InChI is InChI=1S/C12H14N2O2S/c1-9-4-5-14-10(7-9)8-13-12(14)11-3-2-6-17(11,15)16/h4-5,7-8,11H,2-3,6H2,1H3. The van der Waals surface area contributed by atoms with Gasteiger partial charge in [0.05, 0.1) is 17.5 Å². The molecule has 1 aliphatic heterocycles. The van der Waals surface area contributed by atoms with E-state index in [1.807, 2.05) is 29.7 Å². The maximum absolute atomic E-state index is 11.9. The number of sulfone groups is 1. The van der Waals surface area contributed by atoms with Gasteiger partial charge in [-0.05, 0) is 37.5 Å². The highest BCUT2D eigenvalue weighted by Crippen LogP contribution is 2.34. The van der Waals surface area contributed by atoms with Crippen LogP contribution in [0.5, 0.6) is 0 Å². The second-order valence-corrected chi connectivity index (χ2v) is 6.92. The van der Waals surface area contributed by atoms with Gasteiger partial charge in [-0.25, -0.2) is 13.4 Å². The number of imidazole rings is 1. The molecule has 0 amide bonds. The lowest BCUT2D eigenvalue weighted by Gasteiger charge is -2.08. The highest BCUT2D eigenvalue weighted by Gasteiger charge is 2.35. The van der Waals surface area contributed by atoms with Crippen LogP contribution in [-0.4, -0.2) is 23.6 Å². The summed E-state index contributed by atoms with van der Waals surface area (Å²) in [7, 11) is -2.99. The molecule has 90 valence electrons. The van der Waals surface area contributed by atoms with Gasteiger partial charge in [-0.1, -0.05) is 0 Å². The van der Waals surface area contributed by atoms with E-state index in [-0.39, 0.29) is 0 Å². The Morgan fingerprint density at radius 1 is 1.47 bits per heavy atom. The molecule has 5 heteroatoms. The molecule has 0 saturated carbocycles. The van der Waals surface area contributed by atoms with Gasteiger partial charge in [-0.3, -0.25) is 0 Å². The number of hydrogen-bond donors (Lipinski definition) is 0. The number of hydrogen-bond acceptors (Lipinski definition) is 3. The average molecular weight is 250 g/mol. The minimum absolute atomic E-state index is 0.290. The number of aryl methyl sites for hydroxylation is 1. The van der Waals surface area contributed by atoms with Crippen LogP contribution in [0, 0.1) is 6.92 Å². The number of nitrogens with zero attached hydrogens (tertiary/aromatic N) is 2. The molecule has 0 N–H and O–H groups in total. The van der Waals surface area contributed by atoms with Gasteiger partial charge in [-0.15, -0.1) is 0 Å². The Morgan fingerprint density at radius 3 is 3.00 bits per heavy atom. The van der Waals surface area contributed by atoms with Crippen molar-refractivity contribution in [1.29, 1.82) is 0 Å². The fraction of sp³-hybridized carbons (Fsp3) is 0.417. The minimum Gasteiger partial charge on any atom is -0.303 e. The molecule has 0 bridgehead atoms. The second kappa shape index (κ2) is 3.57. The smallest absolute Gasteiger partial charge is 0.160 e. The lowest BCUT2D eigenvalue weighted by molar-refractivity contribution is 0.588. The maximum Gasteiger partial charge on any atom is 0.160 e. The molecule has 0 aromatic carbocycles. The first kappa shape index (κ1) is 10.8. The molecule has 1 atom stereocenters. The highest BCUT2D eigenvalue weighted by molar-refractivity contribution is 7.91. The highest BCUT2D eigenvalue weighted by atomic mass is 32.2. The maximum atomic E-state index is 11.9. The summed E-state index contributed by atoms with van der Waals surface area (Å²) in [6.45, 7) is 2.01. The van der Waals surface area contributed by atoms with Crippen molar-refractivity contribution in [3.63, 3.8) is 0 Å². The van der Waals surface area contributed by atoms with E-state index in [0.717, 1.165) is 17.5 Å². The van der Waals surface area contributed by atoms with Crippen LogP contribution in [0.4, 0.5) is 0 Å². The molecule has 3 heterocycles. The zero-order valence-electron chi connectivity index (χ0n) is 9.63. The minimum atomic E-state index is -2.99. The third-order valence-electron chi connectivity index (χ3n) is 3.33. The Kier molecular flexibility index (Phi) is 2.26. The molecule has 1 saturated heterocycles. The molecule has 1 unspecified atom stereocenters. The summed E-state index contributed by atoms with van der Waals surface area (Å²) in [4.78, 5) is 4.30. The Labute approximate surface area is 100 Å².